The van der Waals surface area contributed by atoms with Crippen molar-refractivity contribution in [1.29, 1.82) is 0 Å². The molecule has 0 saturated carbocycles. The van der Waals surface area contributed by atoms with Crippen molar-refractivity contribution in [3.63, 3.8) is 0 Å². The van der Waals surface area contributed by atoms with Crippen LogP contribution < -0.4 is 27.0 Å². The van der Waals surface area contributed by atoms with Gasteiger partial charge < -0.3 is 52.3 Å². The summed E-state index contributed by atoms with van der Waals surface area (Å²) in [5.74, 6) is -5.43. The Morgan fingerprint density at radius 3 is 2.11 bits per heavy atom. The number of pyridine rings is 1. The van der Waals surface area contributed by atoms with Crippen LogP contribution in [-0.2, 0) is 20.8 Å². The molecule has 2 aliphatic rings. The van der Waals surface area contributed by atoms with Gasteiger partial charge in [-0.1, -0.05) is 49.4 Å². The third-order valence-corrected chi connectivity index (χ3v) is 20.1. The Kier molecular flexibility index (Phi) is 18.3. The summed E-state index contributed by atoms with van der Waals surface area (Å²) in [6, 6.07) is 13.7. The number of aliphatic carboxylic acids is 1. The number of aromatic hydroxyl groups is 1. The van der Waals surface area contributed by atoms with Gasteiger partial charge in [0.05, 0.1) is 30.3 Å². The first-order chi connectivity index (χ1) is 42.3. The average molecular weight is 1300 g/mol. The molecule has 2 aliphatic heterocycles. The first kappa shape index (κ1) is 61.0. The summed E-state index contributed by atoms with van der Waals surface area (Å²) in [6.45, 7) is 3.59. The van der Waals surface area contributed by atoms with Crippen molar-refractivity contribution in [3.05, 3.63) is 147 Å². The molecule has 1 saturated heterocycles. The zero-order valence-corrected chi connectivity index (χ0v) is 51.4. The molecule has 9 aromatic rings. The fourth-order valence-electron chi connectivity index (χ4n) is 9.99. The molecule has 6 amide bonds. The van der Waals surface area contributed by atoms with Gasteiger partial charge in [0.2, 0.25) is 11.8 Å². The quantitative estimate of drug-likeness (QED) is 0.0512. The highest BCUT2D eigenvalue weighted by molar-refractivity contribution is 7.15. The number of aliphatic hydroxyl groups excluding tert-OH is 2. The van der Waals surface area contributed by atoms with E-state index in [0.29, 0.717) is 77.2 Å². The minimum Gasteiger partial charge on any atom is -0.508 e. The summed E-state index contributed by atoms with van der Waals surface area (Å²) < 4.78 is 0. The van der Waals surface area contributed by atoms with Crippen molar-refractivity contribution >= 4 is 109 Å². The number of fused-ring (bicyclic) bond motifs is 16. The van der Waals surface area contributed by atoms with Gasteiger partial charge >= 0.3 is 5.97 Å². The summed E-state index contributed by atoms with van der Waals surface area (Å²) in [5, 5.41) is 64.1. The monoisotopic (exact) mass is 1300 g/mol. The van der Waals surface area contributed by atoms with Gasteiger partial charge in [-0.3, -0.25) is 33.6 Å². The average Bonchev–Trinajstić information content (AvgIpc) is 2.98. The topological polar surface area (TPSA) is 368 Å². The minimum absolute atomic E-state index is 0.00908. The molecule has 30 heteroatoms. The Balaban J connectivity index is 0.991. The summed E-state index contributed by atoms with van der Waals surface area (Å²) in [7, 11) is 0. The molecule has 11 rings (SSSR count). The van der Waals surface area contributed by atoms with E-state index in [2.05, 4.69) is 36.2 Å². The van der Waals surface area contributed by atoms with E-state index in [1.165, 1.54) is 61.8 Å². The highest BCUT2D eigenvalue weighted by atomic mass is 32.1. The molecule has 452 valence electrons. The van der Waals surface area contributed by atoms with Gasteiger partial charge in [0, 0.05) is 69.2 Å². The Morgan fingerprint density at radius 2 is 1.35 bits per heavy atom. The number of carboxylic acids is 1. The molecule has 24 nitrogen and oxygen atoms in total. The molecule has 10 bridgehead atoms. The summed E-state index contributed by atoms with van der Waals surface area (Å²) >= 11 is 6.85. The van der Waals surface area contributed by atoms with Crippen LogP contribution in [0.25, 0.3) is 43.4 Å². The third-order valence-electron chi connectivity index (χ3n) is 14.6. The van der Waals surface area contributed by atoms with E-state index < -0.39 is 90.1 Å². The Labute approximate surface area is 524 Å². The molecule has 7 atom stereocenters. The smallest absolute Gasteiger partial charge is 0.303 e. The van der Waals surface area contributed by atoms with Crippen LogP contribution in [0.4, 0.5) is 0 Å². The maximum absolute atomic E-state index is 15.2. The van der Waals surface area contributed by atoms with Crippen LogP contribution in [0.3, 0.4) is 0 Å². The van der Waals surface area contributed by atoms with Gasteiger partial charge in [-0.15, -0.1) is 68.0 Å². The van der Waals surface area contributed by atoms with Gasteiger partial charge in [-0.25, -0.2) is 34.9 Å². The second-order valence-corrected chi connectivity index (χ2v) is 26.3. The normalized spacial score (nSPS) is 19.2. The van der Waals surface area contributed by atoms with E-state index in [-0.39, 0.29) is 64.5 Å². The lowest BCUT2D eigenvalue weighted by molar-refractivity contribution is -0.137. The van der Waals surface area contributed by atoms with Crippen LogP contribution in [0.2, 0.25) is 0 Å². The number of nitrogens with one attached hydrogen (secondary N) is 4. The number of unbranched alkanes of at least 4 members (excludes halogenated alkanes) is 1. The molecule has 0 radical (unpaired) electrons. The van der Waals surface area contributed by atoms with Crippen LogP contribution in [-0.4, -0.2) is 127 Å². The molecule has 0 spiro atoms. The van der Waals surface area contributed by atoms with Crippen molar-refractivity contribution in [2.24, 2.45) is 11.7 Å². The number of aliphatic hydroxyl groups is 2. The van der Waals surface area contributed by atoms with Crippen LogP contribution in [0, 0.1) is 12.8 Å². The molecule has 0 unspecified atom stereocenters. The van der Waals surface area contributed by atoms with Crippen molar-refractivity contribution in [2.75, 3.05) is 13.1 Å². The number of thiazole rings is 6. The highest BCUT2D eigenvalue weighted by Crippen LogP contribution is 2.43. The zero-order valence-electron chi connectivity index (χ0n) is 46.5. The largest absolute Gasteiger partial charge is 0.508 e. The standard InChI is InChI=1S/C58H53N13O11S6/c1-26-40(73)20-71-46(26)57-68-39(25-87-57)54-64-35(21-84-54)44-31(15-16-32(61-44)53-66-36(22-85-53)48(78)60-17-7-6-10-42(75)76)52-65-37(23-83-52)49(79)62-33(19-41(59)74)55-70-43(27(2)88-55)51(81)69-45(47(77)29-8-4-3-5-9-29)56-67-38(24-86-56)50(80)63-34(58(71)82)18-28-11-13-30(72)14-12-28/h3-5,8-9,11-16,21-26,33-34,40,45-47,72-73,77H,6-7,10,17-20H2,1-2H3,(H2,59,74)(H,60,78)(H,62,79)(H,63,80)(H,69,81)(H,75,76)/t26-,33-,34-,40-,45-,46-,47+/m0/s1. The minimum atomic E-state index is -1.42. The van der Waals surface area contributed by atoms with Crippen molar-refractivity contribution < 1.29 is 54.0 Å². The Bertz CT molecular complexity index is 4100. The molecule has 2 aromatic carbocycles. The van der Waals surface area contributed by atoms with Gasteiger partial charge in [0.1, 0.15) is 93.8 Å². The number of nitrogens with zero attached hydrogens (tertiary/aromatic N) is 8. The Morgan fingerprint density at radius 1 is 0.693 bits per heavy atom. The number of aromatic nitrogens is 7. The number of nitrogens with two attached hydrogens (primary N) is 1. The van der Waals surface area contributed by atoms with E-state index in [4.69, 9.17) is 30.8 Å². The second-order valence-electron chi connectivity index (χ2n) is 20.7. The molecule has 88 heavy (non-hydrogen) atoms. The number of carbonyl (C=O) groups excluding carboxylic acids is 6. The number of benzene rings is 2. The fraction of sp³-hybridized carbons (Fsp3) is 0.276. The first-order valence-electron chi connectivity index (χ1n) is 27.3. The zero-order chi connectivity index (χ0) is 61.9. The third kappa shape index (κ3) is 13.4. The number of amides is 6. The molecular weight excluding hydrogens is 1250 g/mol. The number of carboxylic acid groups (broad SMARTS) is 1. The summed E-state index contributed by atoms with van der Waals surface area (Å²) in [4.78, 5) is 131. The first-order valence-corrected chi connectivity index (χ1v) is 32.5. The molecule has 9 heterocycles. The SMILES string of the molecule is Cc1sc2nc1C(=O)N[C@@H]([C@H](O)c1ccccc1)c1nc(cs1)C(=O)N[C@@H](Cc1ccc(O)cc1)C(=O)N1C[C@H](O)[C@H](C)[C@H]1c1nc(cs1)-c1nc(cs1)-c1nc(-c3nc(C(=O)NCCCCC(=O)O)cs3)ccc1-c1nc(cs1)C(=O)N[C@H]2CC(N)=O. The van der Waals surface area contributed by atoms with Gasteiger partial charge in [0.25, 0.3) is 23.6 Å². The molecule has 10 N–H and O–H groups in total. The van der Waals surface area contributed by atoms with Gasteiger partial charge in [-0.05, 0) is 55.2 Å². The maximum Gasteiger partial charge on any atom is 0.303 e. The summed E-state index contributed by atoms with van der Waals surface area (Å²) in [5.41, 5.74) is 8.63. The van der Waals surface area contributed by atoms with Crippen molar-refractivity contribution in [3.8, 4) is 49.1 Å². The maximum atomic E-state index is 15.2. The Hall–Kier alpha value is -8.62. The van der Waals surface area contributed by atoms with E-state index >= 15 is 4.79 Å². The lowest BCUT2D eigenvalue weighted by Crippen LogP contribution is -2.50. The van der Waals surface area contributed by atoms with Crippen LogP contribution in [0.5, 0.6) is 5.75 Å². The predicted octanol–water partition coefficient (Wildman–Crippen LogP) is 7.27. The number of phenolic OH excluding ortho intramolecular Hbond substituents is 1. The number of rotatable bonds is 13. The number of hydrogen-bond acceptors (Lipinski definition) is 23. The lowest BCUT2D eigenvalue weighted by atomic mass is 10.00. The van der Waals surface area contributed by atoms with Crippen molar-refractivity contribution in [1.82, 2.24) is 61.1 Å². The van der Waals surface area contributed by atoms with E-state index in [9.17, 15) is 44.1 Å². The van der Waals surface area contributed by atoms with Crippen molar-refractivity contribution in [2.45, 2.75) is 82.3 Å². The van der Waals surface area contributed by atoms with Gasteiger partial charge in [0.15, 0.2) is 0 Å². The second kappa shape index (κ2) is 26.4. The molecule has 0 aliphatic carbocycles. The molecule has 7 aromatic heterocycles. The highest BCUT2D eigenvalue weighted by Gasteiger charge is 2.45. The van der Waals surface area contributed by atoms with Gasteiger partial charge in [-0.2, -0.15) is 0 Å². The number of phenols is 1. The lowest BCUT2D eigenvalue weighted by Gasteiger charge is -2.29. The van der Waals surface area contributed by atoms with Crippen LogP contribution >= 0.6 is 68.0 Å². The van der Waals surface area contributed by atoms with E-state index in [1.807, 2.05) is 6.92 Å². The summed E-state index contributed by atoms with van der Waals surface area (Å²) in [6.07, 6.45) is -2.02. The number of hydrogen-bond donors (Lipinski definition) is 9. The van der Waals surface area contributed by atoms with E-state index in [1.54, 1.807) is 77.7 Å². The number of primary amides is 1. The van der Waals surface area contributed by atoms with Crippen LogP contribution in [0.15, 0.2) is 93.6 Å². The van der Waals surface area contributed by atoms with Crippen LogP contribution in [0.1, 0.15) is 130 Å². The predicted molar refractivity (Wildman–Crippen MR) is 330 cm³/mol. The van der Waals surface area contributed by atoms with E-state index in [0.717, 1.165) is 34.0 Å². The fourth-order valence-corrected chi connectivity index (χ4v) is 15.3. The number of carbonyl (C=O) groups is 7. The molecular formula is C58H53N13O11S6. The molecule has 1 fully saturated rings. The number of aryl methyl sites for hydroxylation is 1.